The molecule has 1 saturated carbocycles. The van der Waals surface area contributed by atoms with Crippen molar-refractivity contribution in [3.63, 3.8) is 0 Å². The number of pyridine rings is 1. The van der Waals surface area contributed by atoms with Gasteiger partial charge in [0.15, 0.2) is 11.0 Å². The number of carbonyl (C=O) groups is 1. The molecule has 3 aromatic rings. The second kappa shape index (κ2) is 8.77. The molecule has 31 heavy (non-hydrogen) atoms. The zero-order valence-electron chi connectivity index (χ0n) is 17.1. The molecule has 2 aromatic heterocycles. The summed E-state index contributed by atoms with van der Waals surface area (Å²) in [5, 5.41) is 12.1. The second-order valence-electron chi connectivity index (χ2n) is 7.17. The van der Waals surface area contributed by atoms with Crippen LogP contribution in [0.5, 0.6) is 0 Å². The summed E-state index contributed by atoms with van der Waals surface area (Å²) in [6.07, 6.45) is 5.54. The third kappa shape index (κ3) is 4.78. The average Bonchev–Trinajstić information content (AvgIpc) is 3.52. The fourth-order valence-corrected chi connectivity index (χ4v) is 4.94. The molecular weight excluding hydrogens is 436 g/mol. The van der Waals surface area contributed by atoms with Gasteiger partial charge < -0.3 is 5.32 Å². The Hall–Kier alpha value is -2.76. The molecule has 0 unspecified atom stereocenters. The van der Waals surface area contributed by atoms with E-state index in [1.54, 1.807) is 31.5 Å². The number of carbonyl (C=O) groups excluding carboxylic acids is 1. The molecule has 0 spiro atoms. The van der Waals surface area contributed by atoms with Crippen LogP contribution in [0, 0.1) is 6.92 Å². The molecule has 0 radical (unpaired) electrons. The van der Waals surface area contributed by atoms with E-state index in [0.717, 1.165) is 24.2 Å². The van der Waals surface area contributed by atoms with Crippen molar-refractivity contribution < 1.29 is 13.2 Å². The van der Waals surface area contributed by atoms with E-state index in [9.17, 15) is 13.2 Å². The summed E-state index contributed by atoms with van der Waals surface area (Å²) >= 11 is 1.31. The van der Waals surface area contributed by atoms with Gasteiger partial charge in [0.05, 0.1) is 10.6 Å². The van der Waals surface area contributed by atoms with E-state index in [4.69, 9.17) is 0 Å². The summed E-state index contributed by atoms with van der Waals surface area (Å²) in [5.74, 6) is 0.647. The van der Waals surface area contributed by atoms with Crippen LogP contribution in [0.2, 0.25) is 0 Å². The molecule has 0 saturated heterocycles. The Balaban J connectivity index is 1.47. The molecule has 1 aliphatic carbocycles. The smallest absolute Gasteiger partial charge is 0.240 e. The lowest BCUT2D eigenvalue weighted by molar-refractivity contribution is -0.113. The van der Waals surface area contributed by atoms with Crippen molar-refractivity contribution in [1.29, 1.82) is 0 Å². The minimum Gasteiger partial charge on any atom is -0.325 e. The van der Waals surface area contributed by atoms with Crippen LogP contribution in [0.1, 0.15) is 24.4 Å². The van der Waals surface area contributed by atoms with Crippen LogP contribution in [0.15, 0.2) is 52.8 Å². The van der Waals surface area contributed by atoms with E-state index in [-0.39, 0.29) is 16.6 Å². The van der Waals surface area contributed by atoms with Crippen molar-refractivity contribution in [3.8, 4) is 11.4 Å². The van der Waals surface area contributed by atoms with E-state index in [0.29, 0.717) is 22.4 Å². The van der Waals surface area contributed by atoms with Crippen LogP contribution in [0.3, 0.4) is 0 Å². The van der Waals surface area contributed by atoms with Crippen molar-refractivity contribution >= 4 is 33.4 Å². The standard InChI is InChI=1S/C20H22N6O3S2/c1-13-3-4-15(11-17(13)31(28,29)21-2)23-18(27)12-30-20-25-24-19(26(20)16-5-6-16)14-7-9-22-10-8-14/h3-4,7-11,16,21H,5-6,12H2,1-2H3,(H,23,27). The minimum atomic E-state index is -3.61. The van der Waals surface area contributed by atoms with Gasteiger partial charge >= 0.3 is 0 Å². The highest BCUT2D eigenvalue weighted by molar-refractivity contribution is 7.99. The number of nitrogens with one attached hydrogen (secondary N) is 2. The maximum absolute atomic E-state index is 12.5. The van der Waals surface area contributed by atoms with Gasteiger partial charge in [0, 0.05) is 29.7 Å². The Kier molecular flexibility index (Phi) is 6.08. The molecule has 0 aliphatic heterocycles. The molecule has 9 nitrogen and oxygen atoms in total. The lowest BCUT2D eigenvalue weighted by Crippen LogP contribution is -2.20. The molecule has 162 valence electrons. The number of nitrogens with zero attached hydrogens (tertiary/aromatic N) is 4. The Morgan fingerprint density at radius 2 is 1.94 bits per heavy atom. The second-order valence-corrected chi connectivity index (χ2v) is 9.97. The van der Waals surface area contributed by atoms with Crippen molar-refractivity contribution in [2.75, 3.05) is 18.1 Å². The van der Waals surface area contributed by atoms with Crippen LogP contribution < -0.4 is 10.0 Å². The van der Waals surface area contributed by atoms with Gasteiger partial charge in [0.2, 0.25) is 15.9 Å². The van der Waals surface area contributed by atoms with E-state index in [2.05, 4.69) is 29.8 Å². The van der Waals surface area contributed by atoms with Gasteiger partial charge in [-0.15, -0.1) is 10.2 Å². The molecular formula is C20H22N6O3S2. The molecule has 2 heterocycles. The van der Waals surface area contributed by atoms with E-state index < -0.39 is 10.0 Å². The zero-order chi connectivity index (χ0) is 22.0. The number of rotatable bonds is 8. The van der Waals surface area contributed by atoms with E-state index >= 15 is 0 Å². The SMILES string of the molecule is CNS(=O)(=O)c1cc(NC(=O)CSc2nnc(-c3ccncc3)n2C2CC2)ccc1C. The Morgan fingerprint density at radius 3 is 2.61 bits per heavy atom. The topological polar surface area (TPSA) is 119 Å². The van der Waals surface area contributed by atoms with Crippen LogP contribution in [-0.4, -0.2) is 46.9 Å². The molecule has 2 N–H and O–H groups in total. The highest BCUT2D eigenvalue weighted by atomic mass is 32.2. The third-order valence-electron chi connectivity index (χ3n) is 4.88. The first-order valence-electron chi connectivity index (χ1n) is 9.71. The number of aryl methyl sites for hydroxylation is 1. The fourth-order valence-electron chi connectivity index (χ4n) is 3.14. The predicted octanol–water partition coefficient (Wildman–Crippen LogP) is 2.62. The fraction of sp³-hybridized carbons (Fsp3) is 0.300. The highest BCUT2D eigenvalue weighted by Crippen LogP contribution is 2.41. The van der Waals surface area contributed by atoms with Gasteiger partial charge in [0.1, 0.15) is 0 Å². The molecule has 11 heteroatoms. The molecule has 1 aliphatic rings. The predicted molar refractivity (Wildman–Crippen MR) is 118 cm³/mol. The molecule has 1 amide bonds. The number of benzene rings is 1. The molecule has 0 bridgehead atoms. The quantitative estimate of drug-likeness (QED) is 0.498. The molecule has 1 fully saturated rings. The van der Waals surface area contributed by atoms with Gasteiger partial charge in [-0.3, -0.25) is 14.3 Å². The van der Waals surface area contributed by atoms with Crippen LogP contribution in [0.4, 0.5) is 5.69 Å². The van der Waals surface area contributed by atoms with Gasteiger partial charge in [-0.2, -0.15) is 0 Å². The first-order chi connectivity index (χ1) is 14.9. The van der Waals surface area contributed by atoms with Crippen LogP contribution in [0.25, 0.3) is 11.4 Å². The maximum Gasteiger partial charge on any atom is 0.240 e. The Labute approximate surface area is 184 Å². The van der Waals surface area contributed by atoms with Crippen molar-refractivity contribution in [1.82, 2.24) is 24.5 Å². The molecule has 4 rings (SSSR count). The summed E-state index contributed by atoms with van der Waals surface area (Å²) in [6.45, 7) is 1.71. The number of hydrogen-bond acceptors (Lipinski definition) is 7. The van der Waals surface area contributed by atoms with Gasteiger partial charge in [-0.25, -0.2) is 13.1 Å². The Bertz CT molecular complexity index is 1210. The monoisotopic (exact) mass is 458 g/mol. The average molecular weight is 459 g/mol. The summed E-state index contributed by atoms with van der Waals surface area (Å²) in [6, 6.07) is 8.92. The van der Waals surface area contributed by atoms with Gasteiger partial charge in [-0.1, -0.05) is 17.8 Å². The van der Waals surface area contributed by atoms with Crippen molar-refractivity contribution in [2.24, 2.45) is 0 Å². The Morgan fingerprint density at radius 1 is 1.19 bits per heavy atom. The van der Waals surface area contributed by atoms with Crippen LogP contribution >= 0.6 is 11.8 Å². The summed E-state index contributed by atoms with van der Waals surface area (Å²) in [5.41, 5.74) is 1.96. The van der Waals surface area contributed by atoms with Gasteiger partial charge in [-0.05, 0) is 56.6 Å². The first kappa shape index (κ1) is 21.5. The number of thioether (sulfide) groups is 1. The lowest BCUT2D eigenvalue weighted by Gasteiger charge is -2.11. The number of anilines is 1. The van der Waals surface area contributed by atoms with Crippen molar-refractivity contribution in [3.05, 3.63) is 48.3 Å². The van der Waals surface area contributed by atoms with E-state index in [1.165, 1.54) is 24.9 Å². The maximum atomic E-state index is 12.5. The summed E-state index contributed by atoms with van der Waals surface area (Å²) in [7, 11) is -2.25. The summed E-state index contributed by atoms with van der Waals surface area (Å²) < 4.78 is 28.7. The first-order valence-corrected chi connectivity index (χ1v) is 12.2. The van der Waals surface area contributed by atoms with Crippen molar-refractivity contribution in [2.45, 2.75) is 35.9 Å². The third-order valence-corrected chi connectivity index (χ3v) is 7.38. The highest BCUT2D eigenvalue weighted by Gasteiger charge is 2.30. The van der Waals surface area contributed by atoms with Gasteiger partial charge in [0.25, 0.3) is 0 Å². The lowest BCUT2D eigenvalue weighted by atomic mass is 10.2. The van der Waals surface area contributed by atoms with E-state index in [1.807, 2.05) is 12.1 Å². The molecule has 0 atom stereocenters. The van der Waals surface area contributed by atoms with Crippen LogP contribution in [-0.2, 0) is 14.8 Å². The zero-order valence-corrected chi connectivity index (χ0v) is 18.7. The number of amides is 1. The minimum absolute atomic E-state index is 0.128. The largest absolute Gasteiger partial charge is 0.325 e. The number of hydrogen-bond donors (Lipinski definition) is 2. The summed E-state index contributed by atoms with van der Waals surface area (Å²) in [4.78, 5) is 16.7. The number of aromatic nitrogens is 4. The number of sulfonamides is 1. The normalized spacial score (nSPS) is 13.9. The molecule has 1 aromatic carbocycles.